The average molecular weight is 504 g/mol. The first-order valence-corrected chi connectivity index (χ1v) is 11.2. The molecule has 0 saturated carbocycles. The van der Waals surface area contributed by atoms with E-state index in [0.29, 0.717) is 18.7 Å². The van der Waals surface area contributed by atoms with Gasteiger partial charge in [0.1, 0.15) is 18.1 Å². The fraction of sp³-hybridized carbons (Fsp3) is 0.320. The smallest absolute Gasteiger partial charge is 0.416 e. The number of benzene rings is 2. The lowest BCUT2D eigenvalue weighted by atomic mass is 10.1. The van der Waals surface area contributed by atoms with E-state index >= 15 is 0 Å². The van der Waals surface area contributed by atoms with Crippen LogP contribution in [0.3, 0.4) is 0 Å². The Bertz CT molecular complexity index is 1230. The molecule has 2 aromatic carbocycles. The third kappa shape index (κ3) is 7.32. The van der Waals surface area contributed by atoms with Crippen LogP contribution in [-0.2, 0) is 12.6 Å². The third-order valence-corrected chi connectivity index (χ3v) is 5.30. The molecule has 0 unspecified atom stereocenters. The van der Waals surface area contributed by atoms with Crippen molar-refractivity contribution in [2.24, 2.45) is 0 Å². The van der Waals surface area contributed by atoms with Gasteiger partial charge in [-0.25, -0.2) is 4.79 Å². The van der Waals surface area contributed by atoms with Crippen LogP contribution >= 0.6 is 0 Å². The predicted molar refractivity (Wildman–Crippen MR) is 131 cm³/mol. The van der Waals surface area contributed by atoms with Crippen LogP contribution in [0.4, 0.5) is 23.7 Å². The fourth-order valence-corrected chi connectivity index (χ4v) is 3.35. The van der Waals surface area contributed by atoms with E-state index in [4.69, 9.17) is 4.74 Å². The summed E-state index contributed by atoms with van der Waals surface area (Å²) in [4.78, 5) is 30.2. The number of nitrogens with zero attached hydrogens (tertiary/aromatic N) is 2. The van der Waals surface area contributed by atoms with Crippen molar-refractivity contribution in [1.82, 2.24) is 20.5 Å². The van der Waals surface area contributed by atoms with Gasteiger partial charge in [-0.15, -0.1) is 0 Å². The molecule has 0 saturated heterocycles. The largest absolute Gasteiger partial charge is 0.490 e. The number of hydrogen-bond donors (Lipinski definition) is 3. The summed E-state index contributed by atoms with van der Waals surface area (Å²) in [6, 6.07) is 9.65. The van der Waals surface area contributed by atoms with Crippen molar-refractivity contribution in [3.63, 3.8) is 0 Å². The number of pyridine rings is 1. The van der Waals surface area contributed by atoms with Crippen molar-refractivity contribution in [1.29, 1.82) is 0 Å². The van der Waals surface area contributed by atoms with Crippen LogP contribution in [0.15, 0.2) is 48.7 Å². The molecule has 0 bridgehead atoms. The molecule has 0 aliphatic rings. The number of nitrogens with one attached hydrogen (secondary N) is 3. The summed E-state index contributed by atoms with van der Waals surface area (Å²) < 4.78 is 45.1. The molecule has 11 heteroatoms. The molecule has 192 valence electrons. The molecule has 1 heterocycles. The maximum Gasteiger partial charge on any atom is 0.416 e. The minimum atomic E-state index is -4.55. The molecule has 8 nitrogen and oxygen atoms in total. The molecule has 3 N–H and O–H groups in total. The van der Waals surface area contributed by atoms with E-state index in [9.17, 15) is 22.8 Å². The number of anilines is 1. The lowest BCUT2D eigenvalue weighted by molar-refractivity contribution is -0.137. The summed E-state index contributed by atoms with van der Waals surface area (Å²) in [6.45, 7) is 1.05. The Hall–Kier alpha value is -3.86. The minimum absolute atomic E-state index is 0.0650. The maximum absolute atomic E-state index is 13.2. The second-order valence-corrected chi connectivity index (χ2v) is 8.32. The number of ether oxygens (including phenoxy) is 1. The minimum Gasteiger partial charge on any atom is -0.490 e. The molecule has 0 spiro atoms. The van der Waals surface area contributed by atoms with E-state index in [1.54, 1.807) is 12.3 Å². The van der Waals surface area contributed by atoms with Crippen LogP contribution in [0.25, 0.3) is 10.8 Å². The number of alkyl halides is 3. The topological polar surface area (TPSA) is 95.6 Å². The van der Waals surface area contributed by atoms with Gasteiger partial charge in [-0.3, -0.25) is 9.78 Å². The van der Waals surface area contributed by atoms with E-state index < -0.39 is 17.8 Å². The summed E-state index contributed by atoms with van der Waals surface area (Å²) in [5.41, 5.74) is 0.284. The van der Waals surface area contributed by atoms with Crippen LogP contribution in [-0.4, -0.2) is 62.7 Å². The van der Waals surface area contributed by atoms with Crippen LogP contribution in [0, 0.1) is 0 Å². The monoisotopic (exact) mass is 503 g/mol. The maximum atomic E-state index is 13.2. The van der Waals surface area contributed by atoms with E-state index in [1.807, 2.05) is 37.2 Å². The number of rotatable bonds is 9. The number of urea groups is 1. The van der Waals surface area contributed by atoms with E-state index in [2.05, 4.69) is 20.9 Å². The van der Waals surface area contributed by atoms with Crippen molar-refractivity contribution in [2.45, 2.75) is 12.6 Å². The van der Waals surface area contributed by atoms with Gasteiger partial charge in [0, 0.05) is 31.7 Å². The third-order valence-electron chi connectivity index (χ3n) is 5.30. The van der Waals surface area contributed by atoms with Crippen LogP contribution in [0.1, 0.15) is 21.6 Å². The Morgan fingerprint density at radius 2 is 1.83 bits per heavy atom. The van der Waals surface area contributed by atoms with Crippen molar-refractivity contribution < 1.29 is 27.5 Å². The van der Waals surface area contributed by atoms with E-state index in [1.165, 1.54) is 13.1 Å². The Kier molecular flexibility index (Phi) is 8.70. The molecule has 3 aromatic rings. The zero-order chi connectivity index (χ0) is 26.3. The summed E-state index contributed by atoms with van der Waals surface area (Å²) in [6.07, 6.45) is -2.47. The predicted octanol–water partition coefficient (Wildman–Crippen LogP) is 3.92. The first-order valence-electron chi connectivity index (χ1n) is 11.2. The van der Waals surface area contributed by atoms with Crippen molar-refractivity contribution in [3.05, 3.63) is 65.5 Å². The number of amides is 3. The Balaban J connectivity index is 1.62. The van der Waals surface area contributed by atoms with E-state index in [-0.39, 0.29) is 30.5 Å². The normalized spacial score (nSPS) is 11.4. The standard InChI is InChI=1S/C25H28F3N5O3/c1-29-23(34)21-13-17-5-4-16(12-18(17)15-31-21)8-9-30-24(35)32-20-14-19(25(26,27)28)6-7-22(20)36-11-10-33(2)3/h4-7,12-15H,8-11H2,1-3H3,(H,29,34)(H2,30,32,35). The second-order valence-electron chi connectivity index (χ2n) is 8.32. The SMILES string of the molecule is CNC(=O)c1cc2ccc(CCNC(=O)Nc3cc(C(F)(F)F)ccc3OCCN(C)C)cc2cn1. The molecule has 3 amide bonds. The molecule has 0 aliphatic heterocycles. The highest BCUT2D eigenvalue weighted by molar-refractivity contribution is 5.96. The van der Waals surface area contributed by atoms with Gasteiger partial charge in [-0.1, -0.05) is 12.1 Å². The van der Waals surface area contributed by atoms with Gasteiger partial charge in [-0.2, -0.15) is 13.2 Å². The number of hydrogen-bond acceptors (Lipinski definition) is 5. The fourth-order valence-electron chi connectivity index (χ4n) is 3.35. The zero-order valence-electron chi connectivity index (χ0n) is 20.2. The molecule has 0 atom stereocenters. The first kappa shape index (κ1) is 26.7. The highest BCUT2D eigenvalue weighted by Gasteiger charge is 2.31. The second kappa shape index (κ2) is 11.7. The van der Waals surface area contributed by atoms with Crippen molar-refractivity contribution >= 4 is 28.4 Å². The van der Waals surface area contributed by atoms with Gasteiger partial charge in [0.25, 0.3) is 5.91 Å². The van der Waals surface area contributed by atoms with Crippen LogP contribution < -0.4 is 20.7 Å². The van der Waals surface area contributed by atoms with Gasteiger partial charge in [0.2, 0.25) is 0 Å². The van der Waals surface area contributed by atoms with Crippen LogP contribution in [0.5, 0.6) is 5.75 Å². The molecule has 3 rings (SSSR count). The van der Waals surface area contributed by atoms with Gasteiger partial charge in [0.05, 0.1) is 11.3 Å². The van der Waals surface area contributed by atoms with Gasteiger partial charge in [-0.05, 0) is 61.8 Å². The highest BCUT2D eigenvalue weighted by atomic mass is 19.4. The summed E-state index contributed by atoms with van der Waals surface area (Å²) >= 11 is 0. The molecule has 0 fully saturated rings. The molecule has 36 heavy (non-hydrogen) atoms. The lowest BCUT2D eigenvalue weighted by Crippen LogP contribution is -2.31. The van der Waals surface area contributed by atoms with Gasteiger partial charge < -0.3 is 25.6 Å². The molecular formula is C25H28F3N5O3. The Morgan fingerprint density at radius 1 is 1.06 bits per heavy atom. The number of likely N-dealkylation sites (N-methyl/N-ethyl adjacent to an activating group) is 1. The van der Waals surface area contributed by atoms with Gasteiger partial charge in [0.15, 0.2) is 0 Å². The van der Waals surface area contributed by atoms with Crippen molar-refractivity contribution in [3.8, 4) is 5.75 Å². The quantitative estimate of drug-likeness (QED) is 0.412. The highest BCUT2D eigenvalue weighted by Crippen LogP contribution is 2.35. The number of halogens is 3. The number of carbonyl (C=O) groups excluding carboxylic acids is 2. The Morgan fingerprint density at radius 3 is 2.53 bits per heavy atom. The number of carbonyl (C=O) groups is 2. The first-order chi connectivity index (χ1) is 17.1. The molecule has 1 aromatic heterocycles. The molecule has 0 aliphatic carbocycles. The van der Waals surface area contributed by atoms with E-state index in [0.717, 1.165) is 28.5 Å². The molecule has 0 radical (unpaired) electrons. The zero-order valence-corrected chi connectivity index (χ0v) is 20.2. The number of fused-ring (bicyclic) bond motifs is 1. The van der Waals surface area contributed by atoms with Crippen LogP contribution in [0.2, 0.25) is 0 Å². The summed E-state index contributed by atoms with van der Waals surface area (Å²) in [5, 5.41) is 9.34. The lowest BCUT2D eigenvalue weighted by Gasteiger charge is -2.17. The van der Waals surface area contributed by atoms with Crippen molar-refractivity contribution in [2.75, 3.05) is 46.2 Å². The Labute approximate surface area is 206 Å². The summed E-state index contributed by atoms with van der Waals surface area (Å²) in [5.74, 6) is -0.124. The summed E-state index contributed by atoms with van der Waals surface area (Å²) in [7, 11) is 5.22. The average Bonchev–Trinajstić information content (AvgIpc) is 2.83. The molecular weight excluding hydrogens is 475 g/mol. The van der Waals surface area contributed by atoms with Gasteiger partial charge >= 0.3 is 12.2 Å². The number of aromatic nitrogens is 1.